The summed E-state index contributed by atoms with van der Waals surface area (Å²) >= 11 is 6.13. The van der Waals surface area contributed by atoms with Gasteiger partial charge in [0.2, 0.25) is 11.8 Å². The van der Waals surface area contributed by atoms with Crippen LogP contribution in [0.25, 0.3) is 10.9 Å². The van der Waals surface area contributed by atoms with Crippen molar-refractivity contribution in [2.24, 2.45) is 5.92 Å². The molecule has 1 aromatic heterocycles. The first-order valence-electron chi connectivity index (χ1n) is 11.3. The first kappa shape index (κ1) is 26.7. The minimum Gasteiger partial charge on any atom is -0.496 e. The molecule has 3 atom stereocenters. The van der Waals surface area contributed by atoms with Crippen molar-refractivity contribution in [3.8, 4) is 11.8 Å². The molecule has 1 aromatic carbocycles. The molecule has 0 bridgehead atoms. The molecule has 0 saturated carbocycles. The third kappa shape index (κ3) is 7.05. The number of hydrogen-bond acceptors (Lipinski definition) is 5. The van der Waals surface area contributed by atoms with Crippen LogP contribution >= 0.6 is 21.6 Å². The lowest BCUT2D eigenvalue weighted by molar-refractivity contribution is -0.128. The molecule has 35 heavy (non-hydrogen) atoms. The van der Waals surface area contributed by atoms with E-state index in [1.165, 1.54) is 7.11 Å². The highest BCUT2D eigenvalue weighted by Gasteiger charge is 2.30. The molecule has 1 saturated heterocycles. The second kappa shape index (κ2) is 11.2. The molecular formula is C24H32ClN5O4S. The van der Waals surface area contributed by atoms with Crippen molar-refractivity contribution in [3.63, 3.8) is 0 Å². The number of carbonyl (C=O) groups is 3. The highest BCUT2D eigenvalue weighted by molar-refractivity contribution is 8.32. The van der Waals surface area contributed by atoms with E-state index in [1.54, 1.807) is 18.2 Å². The molecule has 1 aliphatic rings. The number of amides is 3. The van der Waals surface area contributed by atoms with E-state index in [9.17, 15) is 19.6 Å². The molecule has 4 N–H and O–H groups in total. The Morgan fingerprint density at radius 1 is 1.29 bits per heavy atom. The number of aromatic amines is 1. The number of benzene rings is 1. The van der Waals surface area contributed by atoms with Crippen molar-refractivity contribution in [2.45, 2.75) is 31.3 Å². The summed E-state index contributed by atoms with van der Waals surface area (Å²) in [6, 6.07) is 5.42. The van der Waals surface area contributed by atoms with Crippen molar-refractivity contribution in [1.29, 1.82) is 5.26 Å². The largest absolute Gasteiger partial charge is 0.496 e. The van der Waals surface area contributed by atoms with Gasteiger partial charge < -0.3 is 25.7 Å². The predicted molar refractivity (Wildman–Crippen MR) is 139 cm³/mol. The van der Waals surface area contributed by atoms with Gasteiger partial charge in [-0.2, -0.15) is 5.26 Å². The normalized spacial score (nSPS) is 18.2. The molecule has 0 aliphatic carbocycles. The standard InChI is InChI=1S/C24H32ClN5O4S/c1-34-21-10-15(25)9-18-17(21)11-19(29-18)23(32)30-20(13-35(2,3)4)24(33)28-16(12-26)8-14-6-5-7-27-22(14)31/h9-11,14,16,20,29H,5-8,13H2,1-4H3,(H,27,31)(H,28,33)(H,30,32). The molecule has 190 valence electrons. The van der Waals surface area contributed by atoms with E-state index in [0.29, 0.717) is 40.4 Å². The number of hydrogen-bond donors (Lipinski definition) is 4. The van der Waals surface area contributed by atoms with Crippen LogP contribution in [0.4, 0.5) is 0 Å². The van der Waals surface area contributed by atoms with Gasteiger partial charge in [-0.15, -0.1) is 0 Å². The Kier molecular flexibility index (Phi) is 8.56. The summed E-state index contributed by atoms with van der Waals surface area (Å²) in [5, 5.41) is 19.1. The average molecular weight is 522 g/mol. The second-order valence-corrected chi connectivity index (χ2v) is 14.5. The van der Waals surface area contributed by atoms with Crippen molar-refractivity contribution in [3.05, 3.63) is 28.9 Å². The number of methoxy groups -OCH3 is 1. The number of piperidine rings is 1. The van der Waals surface area contributed by atoms with E-state index in [0.717, 1.165) is 6.42 Å². The number of H-pyrrole nitrogens is 1. The monoisotopic (exact) mass is 521 g/mol. The second-order valence-electron chi connectivity index (χ2n) is 9.59. The summed E-state index contributed by atoms with van der Waals surface area (Å²) in [5.74, 6) is -0.349. The van der Waals surface area contributed by atoms with Gasteiger partial charge in [-0.1, -0.05) is 11.6 Å². The third-order valence-corrected chi connectivity index (χ3v) is 7.36. The molecule has 3 rings (SSSR count). The zero-order chi connectivity index (χ0) is 25.8. The van der Waals surface area contributed by atoms with E-state index in [1.807, 2.05) is 18.8 Å². The van der Waals surface area contributed by atoms with E-state index in [-0.39, 0.29) is 23.9 Å². The quantitative estimate of drug-likeness (QED) is 0.402. The summed E-state index contributed by atoms with van der Waals surface area (Å²) in [7, 11) is 0.335. The number of fused-ring (bicyclic) bond motifs is 1. The van der Waals surface area contributed by atoms with Gasteiger partial charge in [0.25, 0.3) is 5.91 Å². The van der Waals surface area contributed by atoms with Gasteiger partial charge >= 0.3 is 0 Å². The van der Waals surface area contributed by atoms with E-state index < -0.39 is 33.9 Å². The van der Waals surface area contributed by atoms with Gasteiger partial charge in [-0.3, -0.25) is 14.4 Å². The summed E-state index contributed by atoms with van der Waals surface area (Å²) in [5.41, 5.74) is 0.898. The summed E-state index contributed by atoms with van der Waals surface area (Å²) in [4.78, 5) is 41.4. The number of rotatable bonds is 9. The highest BCUT2D eigenvalue weighted by Crippen LogP contribution is 2.35. The molecule has 3 amide bonds. The Morgan fingerprint density at radius 2 is 2.03 bits per heavy atom. The Bertz CT molecular complexity index is 1150. The van der Waals surface area contributed by atoms with Crippen molar-refractivity contribution < 1.29 is 19.1 Å². The molecular weight excluding hydrogens is 490 g/mol. The van der Waals surface area contributed by atoms with Gasteiger partial charge in [0, 0.05) is 28.6 Å². The van der Waals surface area contributed by atoms with Crippen molar-refractivity contribution in [1.82, 2.24) is 20.9 Å². The van der Waals surface area contributed by atoms with Crippen LogP contribution in [0.3, 0.4) is 0 Å². The Morgan fingerprint density at radius 3 is 2.66 bits per heavy atom. The molecule has 1 aliphatic heterocycles. The van der Waals surface area contributed by atoms with E-state index in [4.69, 9.17) is 16.3 Å². The fraction of sp³-hybridized carbons (Fsp3) is 0.500. The number of aromatic nitrogens is 1. The van der Waals surface area contributed by atoms with Gasteiger partial charge in [0.1, 0.15) is 23.5 Å². The number of nitriles is 1. The maximum atomic E-state index is 13.2. The molecule has 11 heteroatoms. The molecule has 1 fully saturated rings. The fourth-order valence-electron chi connectivity index (χ4n) is 4.14. The molecule has 3 unspecified atom stereocenters. The van der Waals surface area contributed by atoms with Crippen LogP contribution in [0.5, 0.6) is 5.75 Å². The van der Waals surface area contributed by atoms with Crippen LogP contribution in [-0.2, 0) is 9.59 Å². The molecule has 9 nitrogen and oxygen atoms in total. The van der Waals surface area contributed by atoms with Crippen LogP contribution in [0.15, 0.2) is 18.2 Å². The minimum absolute atomic E-state index is 0.0934. The number of carbonyl (C=O) groups excluding carboxylic acids is 3. The predicted octanol–water partition coefficient (Wildman–Crippen LogP) is 2.55. The molecule has 2 heterocycles. The average Bonchev–Trinajstić information content (AvgIpc) is 3.22. The summed E-state index contributed by atoms with van der Waals surface area (Å²) < 4.78 is 5.36. The van der Waals surface area contributed by atoms with Crippen LogP contribution < -0.4 is 20.7 Å². The number of ether oxygens (including phenoxy) is 1. The molecule has 0 radical (unpaired) electrons. The van der Waals surface area contributed by atoms with Gasteiger partial charge in [-0.25, -0.2) is 10.0 Å². The van der Waals surface area contributed by atoms with E-state index in [2.05, 4.69) is 27.0 Å². The fourth-order valence-corrected chi connectivity index (χ4v) is 5.58. The van der Waals surface area contributed by atoms with E-state index >= 15 is 0 Å². The summed E-state index contributed by atoms with van der Waals surface area (Å²) in [6.07, 6.45) is 7.89. The van der Waals surface area contributed by atoms with Gasteiger partial charge in [-0.05, 0) is 56.2 Å². The SMILES string of the molecule is COc1cc(Cl)cc2[nH]c(C(=O)NC(CS(C)(C)C)C(=O)NC(C#N)CC3CCCNC3=O)cc12. The summed E-state index contributed by atoms with van der Waals surface area (Å²) in [6.45, 7) is 0.632. The maximum Gasteiger partial charge on any atom is 0.268 e. The number of halogens is 1. The Labute approximate surface area is 211 Å². The maximum absolute atomic E-state index is 13.2. The van der Waals surface area contributed by atoms with Gasteiger partial charge in [0.05, 0.1) is 18.7 Å². The minimum atomic E-state index is -1.19. The highest BCUT2D eigenvalue weighted by atomic mass is 35.5. The number of nitrogens with one attached hydrogen (secondary N) is 4. The van der Waals surface area contributed by atoms with Crippen molar-refractivity contribution in [2.75, 3.05) is 38.2 Å². The number of nitrogens with zero attached hydrogens (tertiary/aromatic N) is 1. The van der Waals surface area contributed by atoms with Crippen molar-refractivity contribution >= 4 is 50.3 Å². The van der Waals surface area contributed by atoms with Crippen LogP contribution in [0, 0.1) is 17.2 Å². The molecule has 0 spiro atoms. The van der Waals surface area contributed by atoms with Crippen LogP contribution in [-0.4, -0.2) is 73.0 Å². The zero-order valence-electron chi connectivity index (χ0n) is 20.4. The van der Waals surface area contributed by atoms with Crippen LogP contribution in [0.2, 0.25) is 5.02 Å². The van der Waals surface area contributed by atoms with Gasteiger partial charge in [0.15, 0.2) is 0 Å². The lowest BCUT2D eigenvalue weighted by atomic mass is 9.92. The first-order valence-corrected chi connectivity index (χ1v) is 14.7. The lowest BCUT2D eigenvalue weighted by Gasteiger charge is -2.31. The van der Waals surface area contributed by atoms with Crippen LogP contribution in [0.1, 0.15) is 29.8 Å². The Hall–Kier alpha value is -2.90. The molecule has 2 aromatic rings. The third-order valence-electron chi connectivity index (χ3n) is 5.81. The zero-order valence-corrected chi connectivity index (χ0v) is 21.9. The first-order chi connectivity index (χ1) is 16.5. The smallest absolute Gasteiger partial charge is 0.268 e. The topological polar surface area (TPSA) is 136 Å². The Balaban J connectivity index is 1.76. The lowest BCUT2D eigenvalue weighted by Crippen LogP contribution is -2.52.